The van der Waals surface area contributed by atoms with Gasteiger partial charge in [0.2, 0.25) is 5.69 Å². The second kappa shape index (κ2) is 7.44. The number of nitrogen functional groups attached to an aromatic ring is 1. The van der Waals surface area contributed by atoms with Gasteiger partial charge in [0, 0.05) is 5.56 Å². The molecule has 0 aliphatic rings. The van der Waals surface area contributed by atoms with Crippen molar-refractivity contribution in [3.8, 4) is 22.9 Å². The van der Waals surface area contributed by atoms with Gasteiger partial charge in [-0.3, -0.25) is 0 Å². The summed E-state index contributed by atoms with van der Waals surface area (Å²) >= 11 is 5.04. The number of ether oxygens (including phenoxy) is 1. The molecule has 134 valence electrons. The molecule has 0 spiro atoms. The zero-order valence-corrected chi connectivity index (χ0v) is 13.8. The van der Waals surface area contributed by atoms with Crippen LogP contribution in [0, 0.1) is 22.5 Å². The van der Waals surface area contributed by atoms with E-state index in [1.165, 1.54) is 24.3 Å². The third-order valence-corrected chi connectivity index (χ3v) is 3.68. The molecule has 1 unspecified atom stereocenters. The van der Waals surface area contributed by atoms with E-state index < -0.39 is 18.9 Å². The highest BCUT2D eigenvalue weighted by Crippen LogP contribution is 2.38. The van der Waals surface area contributed by atoms with E-state index >= 15 is 0 Å². The highest BCUT2D eigenvalue weighted by molar-refractivity contribution is 7.71. The Morgan fingerprint density at radius 2 is 2.00 bits per heavy atom. The molecule has 10 heteroatoms. The molecule has 0 radical (unpaired) electrons. The van der Waals surface area contributed by atoms with E-state index in [1.54, 1.807) is 0 Å². The third kappa shape index (κ3) is 3.94. The molecule has 26 heavy (non-hydrogen) atoms. The van der Waals surface area contributed by atoms with Crippen molar-refractivity contribution in [2.75, 3.05) is 12.3 Å². The summed E-state index contributed by atoms with van der Waals surface area (Å²) in [6, 6.07) is 7.52. The Morgan fingerprint density at radius 3 is 2.50 bits per heavy atom. The van der Waals surface area contributed by atoms with Gasteiger partial charge in [-0.15, -0.1) is 0 Å². The number of rotatable bonds is 4. The molecule has 0 fully saturated rings. The van der Waals surface area contributed by atoms with Crippen LogP contribution in [0.5, 0.6) is 5.75 Å². The van der Waals surface area contributed by atoms with Gasteiger partial charge in [-0.1, -0.05) is 24.4 Å². The number of hydrogen-bond donors (Lipinski definition) is 3. The van der Waals surface area contributed by atoms with E-state index in [9.17, 15) is 18.4 Å². The lowest BCUT2D eigenvalue weighted by molar-refractivity contribution is -0.210. The number of H-pyrrole nitrogens is 1. The van der Waals surface area contributed by atoms with Gasteiger partial charge in [0.1, 0.15) is 28.9 Å². The number of hydrogen-bond acceptors (Lipinski definition) is 5. The van der Waals surface area contributed by atoms with Gasteiger partial charge >= 0.3 is 6.18 Å². The van der Waals surface area contributed by atoms with Crippen molar-refractivity contribution in [1.82, 2.24) is 4.98 Å². The lowest BCUT2D eigenvalue weighted by Gasteiger charge is -2.15. The Morgan fingerprint density at radius 1 is 1.38 bits per heavy atom. The van der Waals surface area contributed by atoms with Gasteiger partial charge in [-0.2, -0.15) is 18.4 Å². The SMILES string of the molecule is [C-]#[N+]c1c(N)[nH]c(=S)c(C#N)c1-c1ccc(OCC(O)C(F)(F)F)cc1. The number of aliphatic hydroxyl groups is 1. The molecule has 4 N–H and O–H groups in total. The first kappa shape index (κ1) is 19.2. The van der Waals surface area contributed by atoms with Crippen molar-refractivity contribution in [3.63, 3.8) is 0 Å². The monoisotopic (exact) mass is 380 g/mol. The van der Waals surface area contributed by atoms with Gasteiger partial charge in [-0.05, 0) is 17.7 Å². The molecule has 0 saturated carbocycles. The number of pyridine rings is 1. The maximum atomic E-state index is 12.3. The number of nitrogens with zero attached hydrogens (tertiary/aromatic N) is 2. The summed E-state index contributed by atoms with van der Waals surface area (Å²) < 4.78 is 41.8. The smallest absolute Gasteiger partial charge is 0.417 e. The first-order valence-corrected chi connectivity index (χ1v) is 7.41. The fourth-order valence-corrected chi connectivity index (χ4v) is 2.36. The first-order valence-electron chi connectivity index (χ1n) is 7.00. The van der Waals surface area contributed by atoms with Crippen LogP contribution in [-0.2, 0) is 0 Å². The number of benzene rings is 1. The summed E-state index contributed by atoms with van der Waals surface area (Å²) in [4.78, 5) is 5.89. The van der Waals surface area contributed by atoms with Crippen molar-refractivity contribution in [3.05, 3.63) is 45.9 Å². The van der Waals surface area contributed by atoms with Crippen LogP contribution in [0.25, 0.3) is 16.0 Å². The topological polar surface area (TPSA) is 99.4 Å². The number of halogens is 3. The standard InChI is InChI=1S/C16H11F3N4O2S/c1-22-13-12(10(6-20)15(26)23-14(13)21)8-2-4-9(5-3-8)25-7-11(24)16(17,18)19/h2-5,11,24H,7H2,(H3,21,23,26). The maximum absolute atomic E-state index is 12.3. The molecule has 0 aliphatic carbocycles. The zero-order valence-electron chi connectivity index (χ0n) is 13.0. The van der Waals surface area contributed by atoms with Gasteiger partial charge in [0.15, 0.2) is 6.10 Å². The molecule has 0 aliphatic heterocycles. The van der Waals surface area contributed by atoms with E-state index in [4.69, 9.17) is 34.4 Å². The number of aromatic nitrogens is 1. The minimum absolute atomic E-state index is 0.00706. The Balaban J connectivity index is 2.37. The molecule has 1 atom stereocenters. The van der Waals surface area contributed by atoms with Gasteiger partial charge in [-0.25, -0.2) is 4.85 Å². The average molecular weight is 380 g/mol. The Labute approximate surface area is 151 Å². The van der Waals surface area contributed by atoms with Crippen LogP contribution >= 0.6 is 12.2 Å². The van der Waals surface area contributed by atoms with Crippen LogP contribution in [0.15, 0.2) is 24.3 Å². The molecule has 1 aromatic carbocycles. The zero-order chi connectivity index (χ0) is 19.5. The van der Waals surface area contributed by atoms with Crippen LogP contribution < -0.4 is 10.5 Å². The molecular formula is C16H11F3N4O2S. The number of nitriles is 1. The van der Waals surface area contributed by atoms with Crippen LogP contribution in [0.1, 0.15) is 5.56 Å². The van der Waals surface area contributed by atoms with Crippen molar-refractivity contribution in [2.24, 2.45) is 0 Å². The minimum Gasteiger partial charge on any atom is -0.491 e. The first-order chi connectivity index (χ1) is 12.2. The van der Waals surface area contributed by atoms with E-state index in [2.05, 4.69) is 9.83 Å². The number of nitrogens with two attached hydrogens (primary N) is 1. The lowest BCUT2D eigenvalue weighted by Crippen LogP contribution is -2.34. The number of anilines is 1. The molecule has 0 amide bonds. The predicted molar refractivity (Wildman–Crippen MR) is 90.0 cm³/mol. The summed E-state index contributed by atoms with van der Waals surface area (Å²) in [5.41, 5.74) is 6.46. The second-order valence-electron chi connectivity index (χ2n) is 5.08. The van der Waals surface area contributed by atoms with Crippen molar-refractivity contribution < 1.29 is 23.0 Å². The fraction of sp³-hybridized carbons (Fsp3) is 0.188. The molecule has 1 aromatic heterocycles. The molecular weight excluding hydrogens is 369 g/mol. The van der Waals surface area contributed by atoms with Gasteiger partial charge < -0.3 is 20.6 Å². The fourth-order valence-electron chi connectivity index (χ4n) is 2.10. The molecule has 2 aromatic rings. The maximum Gasteiger partial charge on any atom is 0.417 e. The molecule has 2 rings (SSSR count). The van der Waals surface area contributed by atoms with Crippen LogP contribution in [0.4, 0.5) is 24.7 Å². The van der Waals surface area contributed by atoms with Crippen molar-refractivity contribution >= 4 is 23.7 Å². The van der Waals surface area contributed by atoms with Gasteiger partial charge in [0.05, 0.1) is 12.1 Å². The summed E-state index contributed by atoms with van der Waals surface area (Å²) in [7, 11) is 0. The largest absolute Gasteiger partial charge is 0.491 e. The predicted octanol–water partition coefficient (Wildman–Crippen LogP) is 3.72. The third-order valence-electron chi connectivity index (χ3n) is 3.37. The highest BCUT2D eigenvalue weighted by Gasteiger charge is 2.38. The summed E-state index contributed by atoms with van der Waals surface area (Å²) in [6.07, 6.45) is -7.38. The number of nitrogens with one attached hydrogen (secondary N) is 1. The minimum atomic E-state index is -4.77. The lowest BCUT2D eigenvalue weighted by atomic mass is 10.00. The van der Waals surface area contributed by atoms with Crippen LogP contribution in [-0.4, -0.2) is 29.0 Å². The second-order valence-corrected chi connectivity index (χ2v) is 5.49. The molecule has 0 saturated heterocycles. The Bertz CT molecular complexity index is 956. The van der Waals surface area contributed by atoms with E-state index in [0.717, 1.165) is 0 Å². The van der Waals surface area contributed by atoms with E-state index in [1.807, 2.05) is 6.07 Å². The van der Waals surface area contributed by atoms with E-state index in [-0.39, 0.29) is 33.0 Å². The van der Waals surface area contributed by atoms with Crippen molar-refractivity contribution in [1.29, 1.82) is 5.26 Å². The Kier molecular flexibility index (Phi) is 5.50. The van der Waals surface area contributed by atoms with Crippen molar-refractivity contribution in [2.45, 2.75) is 12.3 Å². The normalized spacial score (nSPS) is 12.1. The summed E-state index contributed by atoms with van der Waals surface area (Å²) in [5.74, 6) is 0.0848. The van der Waals surface area contributed by atoms with E-state index in [0.29, 0.717) is 5.56 Å². The quantitative estimate of drug-likeness (QED) is 0.555. The molecule has 6 nitrogen and oxygen atoms in total. The summed E-state index contributed by atoms with van der Waals surface area (Å²) in [5, 5.41) is 18.2. The number of aliphatic hydroxyl groups excluding tert-OH is 1. The number of aromatic amines is 1. The highest BCUT2D eigenvalue weighted by atomic mass is 32.1. The Hall–Kier alpha value is -3.08. The van der Waals surface area contributed by atoms with Crippen LogP contribution in [0.3, 0.4) is 0 Å². The number of alkyl halides is 3. The summed E-state index contributed by atoms with van der Waals surface area (Å²) in [6.45, 7) is 6.30. The van der Waals surface area contributed by atoms with Gasteiger partial charge in [0.25, 0.3) is 0 Å². The molecule has 0 bridgehead atoms. The average Bonchev–Trinajstić information content (AvgIpc) is 2.58. The van der Waals surface area contributed by atoms with Crippen LogP contribution in [0.2, 0.25) is 0 Å². The molecule has 1 heterocycles.